The van der Waals surface area contributed by atoms with E-state index in [1.807, 2.05) is 62.4 Å². The first-order valence-electron chi connectivity index (χ1n) is 11.1. The Bertz CT molecular complexity index is 1410. The van der Waals surface area contributed by atoms with Gasteiger partial charge in [-0.3, -0.25) is 9.52 Å². The van der Waals surface area contributed by atoms with Crippen LogP contribution in [0.5, 0.6) is 5.75 Å². The summed E-state index contributed by atoms with van der Waals surface area (Å²) in [5.74, 6) is 0.244. The molecule has 0 heterocycles. The van der Waals surface area contributed by atoms with Gasteiger partial charge in [0.05, 0.1) is 4.90 Å². The normalized spacial score (nSPS) is 11.0. The number of sulfonamides is 1. The standard InChI is InChI=1S/C28H26N2O4S/c1-20-15-21(2)17-25(16-20)29-28(31)23-9-6-10-27(18-23)35(32,33)30-24-11-13-26(14-12-24)34-19-22-7-4-3-5-8-22/h3-18,30H,19H2,1-2H3,(H,29,31). The van der Waals surface area contributed by atoms with E-state index in [4.69, 9.17) is 4.74 Å². The van der Waals surface area contributed by atoms with Gasteiger partial charge in [-0.15, -0.1) is 0 Å². The Hall–Kier alpha value is -4.10. The summed E-state index contributed by atoms with van der Waals surface area (Å²) >= 11 is 0. The molecule has 4 rings (SSSR count). The molecular formula is C28H26N2O4S. The maximum absolute atomic E-state index is 12.9. The van der Waals surface area contributed by atoms with Crippen molar-refractivity contribution < 1.29 is 17.9 Å². The molecule has 0 spiro atoms. The number of carbonyl (C=O) groups is 1. The maximum atomic E-state index is 12.9. The lowest BCUT2D eigenvalue weighted by Gasteiger charge is -2.11. The quantitative estimate of drug-likeness (QED) is 0.323. The summed E-state index contributed by atoms with van der Waals surface area (Å²) in [7, 11) is -3.89. The van der Waals surface area contributed by atoms with Crippen LogP contribution in [0.4, 0.5) is 11.4 Å². The van der Waals surface area contributed by atoms with Gasteiger partial charge < -0.3 is 10.1 Å². The molecule has 0 unspecified atom stereocenters. The lowest BCUT2D eigenvalue weighted by atomic mass is 10.1. The van der Waals surface area contributed by atoms with Gasteiger partial charge >= 0.3 is 0 Å². The molecular weight excluding hydrogens is 460 g/mol. The highest BCUT2D eigenvalue weighted by Crippen LogP contribution is 2.22. The summed E-state index contributed by atoms with van der Waals surface area (Å²) in [5, 5.41) is 2.83. The van der Waals surface area contributed by atoms with Gasteiger partial charge in [0.25, 0.3) is 15.9 Å². The number of amides is 1. The molecule has 4 aromatic carbocycles. The molecule has 7 heteroatoms. The number of carbonyl (C=O) groups excluding carboxylic acids is 1. The van der Waals surface area contributed by atoms with Crippen LogP contribution in [0.2, 0.25) is 0 Å². The molecule has 0 atom stereocenters. The average Bonchev–Trinajstić information content (AvgIpc) is 2.83. The monoisotopic (exact) mass is 486 g/mol. The van der Waals surface area contributed by atoms with E-state index in [9.17, 15) is 13.2 Å². The van der Waals surface area contributed by atoms with Crippen LogP contribution >= 0.6 is 0 Å². The third-order valence-corrected chi connectivity index (χ3v) is 6.62. The second-order valence-electron chi connectivity index (χ2n) is 8.26. The van der Waals surface area contributed by atoms with Gasteiger partial charge in [-0.25, -0.2) is 8.42 Å². The molecule has 0 aliphatic rings. The fourth-order valence-corrected chi connectivity index (χ4v) is 4.73. The molecule has 1 amide bonds. The van der Waals surface area contributed by atoms with Crippen molar-refractivity contribution in [1.29, 1.82) is 0 Å². The molecule has 35 heavy (non-hydrogen) atoms. The van der Waals surface area contributed by atoms with Gasteiger partial charge in [-0.1, -0.05) is 42.5 Å². The molecule has 0 aliphatic heterocycles. The van der Waals surface area contributed by atoms with Crippen LogP contribution in [0.25, 0.3) is 0 Å². The van der Waals surface area contributed by atoms with Crippen LogP contribution in [0.3, 0.4) is 0 Å². The van der Waals surface area contributed by atoms with E-state index in [-0.39, 0.29) is 16.4 Å². The summed E-state index contributed by atoms with van der Waals surface area (Å²) in [5.41, 5.74) is 4.39. The Morgan fingerprint density at radius 3 is 2.14 bits per heavy atom. The first kappa shape index (κ1) is 24.0. The second kappa shape index (κ2) is 10.4. The minimum absolute atomic E-state index is 0.00465. The van der Waals surface area contributed by atoms with Crippen molar-refractivity contribution in [3.8, 4) is 5.75 Å². The van der Waals surface area contributed by atoms with Crippen molar-refractivity contribution >= 4 is 27.3 Å². The van der Waals surface area contributed by atoms with Gasteiger partial charge in [-0.2, -0.15) is 0 Å². The second-order valence-corrected chi connectivity index (χ2v) is 9.94. The maximum Gasteiger partial charge on any atom is 0.261 e. The van der Waals surface area contributed by atoms with Crippen LogP contribution in [0.15, 0.2) is 102 Å². The Morgan fingerprint density at radius 2 is 1.46 bits per heavy atom. The predicted octanol–water partition coefficient (Wildman–Crippen LogP) is 5.94. The van der Waals surface area contributed by atoms with Crippen molar-refractivity contribution in [2.45, 2.75) is 25.3 Å². The third kappa shape index (κ3) is 6.49. The number of nitrogens with one attached hydrogen (secondary N) is 2. The van der Waals surface area contributed by atoms with E-state index in [0.717, 1.165) is 16.7 Å². The van der Waals surface area contributed by atoms with Crippen molar-refractivity contribution in [3.63, 3.8) is 0 Å². The highest BCUT2D eigenvalue weighted by Gasteiger charge is 2.17. The molecule has 4 aromatic rings. The summed E-state index contributed by atoms with van der Waals surface area (Å²) in [6.45, 7) is 4.32. The number of hydrogen-bond acceptors (Lipinski definition) is 4. The first-order valence-corrected chi connectivity index (χ1v) is 12.6. The number of rotatable bonds is 8. The largest absolute Gasteiger partial charge is 0.489 e. The lowest BCUT2D eigenvalue weighted by Crippen LogP contribution is -2.16. The summed E-state index contributed by atoms with van der Waals surface area (Å²) in [4.78, 5) is 12.7. The Morgan fingerprint density at radius 1 is 0.771 bits per heavy atom. The highest BCUT2D eigenvalue weighted by atomic mass is 32.2. The Labute approximate surface area is 205 Å². The lowest BCUT2D eigenvalue weighted by molar-refractivity contribution is 0.102. The van der Waals surface area contributed by atoms with Crippen molar-refractivity contribution in [1.82, 2.24) is 0 Å². The van der Waals surface area contributed by atoms with E-state index in [1.54, 1.807) is 36.4 Å². The molecule has 0 saturated carbocycles. The number of hydrogen-bond donors (Lipinski definition) is 2. The third-order valence-electron chi connectivity index (χ3n) is 5.24. The van der Waals surface area contributed by atoms with E-state index in [1.165, 1.54) is 12.1 Å². The zero-order valence-electron chi connectivity index (χ0n) is 19.5. The van der Waals surface area contributed by atoms with Crippen molar-refractivity contribution in [2.24, 2.45) is 0 Å². The fraction of sp³-hybridized carbons (Fsp3) is 0.107. The molecule has 6 nitrogen and oxygen atoms in total. The van der Waals surface area contributed by atoms with Gasteiger partial charge in [-0.05, 0) is 85.1 Å². The number of ether oxygens (including phenoxy) is 1. The molecule has 0 aliphatic carbocycles. The molecule has 0 radical (unpaired) electrons. The molecule has 0 aromatic heterocycles. The van der Waals surface area contributed by atoms with Crippen molar-refractivity contribution in [2.75, 3.05) is 10.0 Å². The zero-order valence-corrected chi connectivity index (χ0v) is 20.3. The Balaban J connectivity index is 1.43. The minimum atomic E-state index is -3.89. The van der Waals surface area contributed by atoms with E-state index < -0.39 is 10.0 Å². The van der Waals surface area contributed by atoms with Gasteiger partial charge in [0.15, 0.2) is 0 Å². The van der Waals surface area contributed by atoms with Crippen LogP contribution in [0, 0.1) is 13.8 Å². The molecule has 0 fully saturated rings. The number of benzene rings is 4. The first-order chi connectivity index (χ1) is 16.8. The topological polar surface area (TPSA) is 84.5 Å². The number of aryl methyl sites for hydroxylation is 2. The molecule has 0 saturated heterocycles. The minimum Gasteiger partial charge on any atom is -0.489 e. The van der Waals surface area contributed by atoms with Crippen molar-refractivity contribution in [3.05, 3.63) is 119 Å². The van der Waals surface area contributed by atoms with Crippen LogP contribution in [-0.2, 0) is 16.6 Å². The average molecular weight is 487 g/mol. The number of anilines is 2. The highest BCUT2D eigenvalue weighted by molar-refractivity contribution is 7.92. The summed E-state index contributed by atoms with van der Waals surface area (Å²) in [6.07, 6.45) is 0. The summed E-state index contributed by atoms with van der Waals surface area (Å²) < 4.78 is 34.2. The van der Waals surface area contributed by atoms with Crippen LogP contribution < -0.4 is 14.8 Å². The zero-order chi connectivity index (χ0) is 24.8. The molecule has 2 N–H and O–H groups in total. The fourth-order valence-electron chi connectivity index (χ4n) is 3.63. The van der Waals surface area contributed by atoms with Gasteiger partial charge in [0.1, 0.15) is 12.4 Å². The molecule has 178 valence electrons. The predicted molar refractivity (Wildman–Crippen MR) is 138 cm³/mol. The van der Waals surface area contributed by atoms with Gasteiger partial charge in [0.2, 0.25) is 0 Å². The van der Waals surface area contributed by atoms with Gasteiger partial charge in [0, 0.05) is 16.9 Å². The van der Waals surface area contributed by atoms with E-state index in [0.29, 0.717) is 23.7 Å². The van der Waals surface area contributed by atoms with E-state index in [2.05, 4.69) is 10.0 Å². The smallest absolute Gasteiger partial charge is 0.261 e. The summed E-state index contributed by atoms with van der Waals surface area (Å²) in [6, 6.07) is 28.1. The Kier molecular flexibility index (Phi) is 7.17. The van der Waals surface area contributed by atoms with Crippen LogP contribution in [-0.4, -0.2) is 14.3 Å². The van der Waals surface area contributed by atoms with Crippen LogP contribution in [0.1, 0.15) is 27.0 Å². The van der Waals surface area contributed by atoms with E-state index >= 15 is 0 Å². The molecule has 0 bridgehead atoms. The SMILES string of the molecule is Cc1cc(C)cc(NC(=O)c2cccc(S(=O)(=O)Nc3ccc(OCc4ccccc4)cc3)c2)c1.